The Kier molecular flexibility index (Phi) is 3.79. The molecule has 0 aliphatic carbocycles. The summed E-state index contributed by atoms with van der Waals surface area (Å²) in [6.07, 6.45) is 2.53. The summed E-state index contributed by atoms with van der Waals surface area (Å²) in [4.78, 5) is 18.5. The van der Waals surface area contributed by atoms with Crippen LogP contribution in [0.3, 0.4) is 0 Å². The van der Waals surface area contributed by atoms with Crippen molar-refractivity contribution >= 4 is 0 Å². The molecule has 2 rings (SSSR count). The zero-order chi connectivity index (χ0) is 14.9. The van der Waals surface area contributed by atoms with Gasteiger partial charge in [0.1, 0.15) is 0 Å². The minimum absolute atomic E-state index is 0.113. The smallest absolute Gasteiger partial charge is 0.247 e. The molecule has 0 saturated carbocycles. The van der Waals surface area contributed by atoms with Crippen LogP contribution in [0, 0.1) is 5.92 Å². The molecule has 1 N–H and O–H groups in total. The summed E-state index contributed by atoms with van der Waals surface area (Å²) >= 11 is 0. The SMILES string of the molecule is CC(C)Cc1nc(-c2ccc(=O)[nH]c2)n(C(C)(C)C)n1. The van der Waals surface area contributed by atoms with E-state index in [1.165, 1.54) is 6.07 Å². The summed E-state index contributed by atoms with van der Waals surface area (Å²) in [7, 11) is 0. The lowest BCUT2D eigenvalue weighted by Crippen LogP contribution is -2.24. The van der Waals surface area contributed by atoms with Gasteiger partial charge in [0, 0.05) is 24.2 Å². The van der Waals surface area contributed by atoms with Crippen molar-refractivity contribution in [2.24, 2.45) is 5.92 Å². The first-order valence-corrected chi connectivity index (χ1v) is 6.93. The Labute approximate surface area is 119 Å². The Hall–Kier alpha value is -1.91. The van der Waals surface area contributed by atoms with Crippen molar-refractivity contribution in [1.29, 1.82) is 0 Å². The summed E-state index contributed by atoms with van der Waals surface area (Å²) < 4.78 is 1.93. The molecule has 0 saturated heterocycles. The molecule has 0 unspecified atom stereocenters. The number of pyridine rings is 1. The minimum Gasteiger partial charge on any atom is -0.328 e. The van der Waals surface area contributed by atoms with E-state index in [1.807, 2.05) is 4.68 Å². The molecule has 0 spiro atoms. The molecule has 0 amide bonds. The van der Waals surface area contributed by atoms with Crippen LogP contribution in [0.2, 0.25) is 0 Å². The molecule has 0 aliphatic rings. The molecule has 0 fully saturated rings. The van der Waals surface area contributed by atoms with Crippen LogP contribution in [0.5, 0.6) is 0 Å². The Morgan fingerprint density at radius 2 is 2.00 bits per heavy atom. The molecule has 5 heteroatoms. The molecule has 2 aromatic rings. The van der Waals surface area contributed by atoms with Crippen molar-refractivity contribution in [3.63, 3.8) is 0 Å². The van der Waals surface area contributed by atoms with E-state index in [-0.39, 0.29) is 11.1 Å². The van der Waals surface area contributed by atoms with Crippen LogP contribution in [0.25, 0.3) is 11.4 Å². The summed E-state index contributed by atoms with van der Waals surface area (Å²) in [5, 5.41) is 4.63. The van der Waals surface area contributed by atoms with Gasteiger partial charge in [-0.05, 0) is 32.8 Å². The third kappa shape index (κ3) is 3.15. The molecule has 0 aromatic carbocycles. The third-order valence-corrected chi connectivity index (χ3v) is 2.92. The van der Waals surface area contributed by atoms with Gasteiger partial charge in [-0.15, -0.1) is 0 Å². The van der Waals surface area contributed by atoms with E-state index >= 15 is 0 Å². The zero-order valence-electron chi connectivity index (χ0n) is 12.8. The third-order valence-electron chi connectivity index (χ3n) is 2.92. The normalized spacial score (nSPS) is 12.1. The second-order valence-corrected chi connectivity index (χ2v) is 6.47. The molecule has 20 heavy (non-hydrogen) atoms. The first kappa shape index (κ1) is 14.5. The highest BCUT2D eigenvalue weighted by molar-refractivity contribution is 5.53. The predicted octanol–water partition coefficient (Wildman–Crippen LogP) is 2.59. The highest BCUT2D eigenvalue weighted by Crippen LogP contribution is 2.23. The van der Waals surface area contributed by atoms with E-state index in [1.54, 1.807) is 12.3 Å². The van der Waals surface area contributed by atoms with Gasteiger partial charge in [-0.25, -0.2) is 9.67 Å². The van der Waals surface area contributed by atoms with Gasteiger partial charge >= 0.3 is 0 Å². The number of hydrogen-bond donors (Lipinski definition) is 1. The van der Waals surface area contributed by atoms with Gasteiger partial charge in [-0.3, -0.25) is 4.79 Å². The van der Waals surface area contributed by atoms with Crippen molar-refractivity contribution in [1.82, 2.24) is 19.7 Å². The topological polar surface area (TPSA) is 63.6 Å². The number of nitrogens with one attached hydrogen (secondary N) is 1. The maximum Gasteiger partial charge on any atom is 0.247 e. The Morgan fingerprint density at radius 3 is 2.50 bits per heavy atom. The fourth-order valence-electron chi connectivity index (χ4n) is 2.01. The molecule has 108 valence electrons. The largest absolute Gasteiger partial charge is 0.328 e. The average Bonchev–Trinajstić information content (AvgIpc) is 2.72. The van der Waals surface area contributed by atoms with Gasteiger partial charge in [0.15, 0.2) is 11.6 Å². The van der Waals surface area contributed by atoms with Crippen LogP contribution >= 0.6 is 0 Å². The maximum atomic E-state index is 11.2. The zero-order valence-corrected chi connectivity index (χ0v) is 12.8. The van der Waals surface area contributed by atoms with E-state index in [0.29, 0.717) is 5.92 Å². The summed E-state index contributed by atoms with van der Waals surface area (Å²) in [5.74, 6) is 2.15. The molecule has 2 heterocycles. The number of rotatable bonds is 3. The maximum absolute atomic E-state index is 11.2. The number of aromatic nitrogens is 4. The Bertz CT molecular complexity index is 626. The number of H-pyrrole nitrogens is 1. The molecule has 0 atom stereocenters. The van der Waals surface area contributed by atoms with Crippen molar-refractivity contribution in [2.75, 3.05) is 0 Å². The molecular weight excluding hydrogens is 252 g/mol. The van der Waals surface area contributed by atoms with Gasteiger partial charge in [0.05, 0.1) is 5.54 Å². The number of hydrogen-bond acceptors (Lipinski definition) is 3. The lowest BCUT2D eigenvalue weighted by atomic mass is 10.1. The van der Waals surface area contributed by atoms with E-state index in [4.69, 9.17) is 0 Å². The highest BCUT2D eigenvalue weighted by atomic mass is 16.1. The monoisotopic (exact) mass is 274 g/mol. The second kappa shape index (κ2) is 5.23. The van der Waals surface area contributed by atoms with Crippen molar-refractivity contribution < 1.29 is 0 Å². The lowest BCUT2D eigenvalue weighted by molar-refractivity contribution is 0.356. The second-order valence-electron chi connectivity index (χ2n) is 6.47. The lowest BCUT2D eigenvalue weighted by Gasteiger charge is -2.21. The van der Waals surface area contributed by atoms with Crippen LogP contribution in [-0.4, -0.2) is 19.7 Å². The van der Waals surface area contributed by atoms with Crippen molar-refractivity contribution in [3.05, 3.63) is 34.5 Å². The first-order chi connectivity index (χ1) is 9.27. The standard InChI is InChI=1S/C15H22N4O/c1-10(2)8-12-17-14(19(18-12)15(3,4)5)11-6-7-13(20)16-9-11/h6-7,9-10H,8H2,1-5H3,(H,16,20). The van der Waals surface area contributed by atoms with Gasteiger partial charge in [-0.1, -0.05) is 13.8 Å². The molecule has 0 radical (unpaired) electrons. The van der Waals surface area contributed by atoms with Gasteiger partial charge < -0.3 is 4.98 Å². The molecule has 0 bridgehead atoms. The summed E-state index contributed by atoms with van der Waals surface area (Å²) in [6, 6.07) is 3.30. The van der Waals surface area contributed by atoms with E-state index in [9.17, 15) is 4.79 Å². The fourth-order valence-corrected chi connectivity index (χ4v) is 2.01. The van der Waals surface area contributed by atoms with Gasteiger partial charge in [-0.2, -0.15) is 5.10 Å². The van der Waals surface area contributed by atoms with Crippen LogP contribution < -0.4 is 5.56 Å². The van der Waals surface area contributed by atoms with E-state index in [0.717, 1.165) is 23.6 Å². The average molecular weight is 274 g/mol. The van der Waals surface area contributed by atoms with E-state index in [2.05, 4.69) is 49.7 Å². The first-order valence-electron chi connectivity index (χ1n) is 6.93. The van der Waals surface area contributed by atoms with E-state index < -0.39 is 0 Å². The Balaban J connectivity index is 2.52. The van der Waals surface area contributed by atoms with Crippen molar-refractivity contribution in [2.45, 2.75) is 46.6 Å². The summed E-state index contributed by atoms with van der Waals surface area (Å²) in [6.45, 7) is 10.6. The fraction of sp³-hybridized carbons (Fsp3) is 0.533. The van der Waals surface area contributed by atoms with Gasteiger partial charge in [0.2, 0.25) is 5.56 Å². The highest BCUT2D eigenvalue weighted by Gasteiger charge is 2.22. The minimum atomic E-state index is -0.159. The van der Waals surface area contributed by atoms with Crippen LogP contribution in [0.15, 0.2) is 23.1 Å². The van der Waals surface area contributed by atoms with Gasteiger partial charge in [0.25, 0.3) is 0 Å². The predicted molar refractivity (Wildman–Crippen MR) is 79.6 cm³/mol. The molecule has 5 nitrogen and oxygen atoms in total. The molecular formula is C15H22N4O. The van der Waals surface area contributed by atoms with Crippen LogP contribution in [0.4, 0.5) is 0 Å². The Morgan fingerprint density at radius 1 is 1.30 bits per heavy atom. The summed E-state index contributed by atoms with van der Waals surface area (Å²) in [5.41, 5.74) is 0.605. The molecule has 2 aromatic heterocycles. The number of aromatic amines is 1. The van der Waals surface area contributed by atoms with Crippen molar-refractivity contribution in [3.8, 4) is 11.4 Å². The quantitative estimate of drug-likeness (QED) is 0.935. The van der Waals surface area contributed by atoms with Crippen LogP contribution in [0.1, 0.15) is 40.4 Å². The number of nitrogens with zero attached hydrogens (tertiary/aromatic N) is 3. The van der Waals surface area contributed by atoms with Crippen LogP contribution in [-0.2, 0) is 12.0 Å². The molecule has 0 aliphatic heterocycles.